The highest BCUT2D eigenvalue weighted by Gasteiger charge is 2.32. The van der Waals surface area contributed by atoms with E-state index in [9.17, 15) is 14.4 Å². The molecule has 2 amide bonds. The van der Waals surface area contributed by atoms with Crippen LogP contribution in [-0.4, -0.2) is 35.4 Å². The highest BCUT2D eigenvalue weighted by molar-refractivity contribution is 6.01. The third-order valence-corrected chi connectivity index (χ3v) is 2.03. The highest BCUT2D eigenvalue weighted by atomic mass is 16.7. The van der Waals surface area contributed by atoms with E-state index in [0.29, 0.717) is 18.0 Å². The largest absolute Gasteiger partial charge is 0.370 e. The molecule has 94 valence electrons. The molecule has 8 nitrogen and oxygen atoms in total. The van der Waals surface area contributed by atoms with Crippen molar-refractivity contribution < 1.29 is 19.2 Å². The Labute approximate surface area is 97.5 Å². The lowest BCUT2D eigenvalue weighted by Crippen LogP contribution is -2.32. The molecule has 0 aliphatic carbocycles. The van der Waals surface area contributed by atoms with Crippen LogP contribution in [0.1, 0.15) is 25.7 Å². The van der Waals surface area contributed by atoms with Crippen molar-refractivity contribution in [1.29, 1.82) is 0 Å². The van der Waals surface area contributed by atoms with Gasteiger partial charge in [-0.3, -0.25) is 14.6 Å². The van der Waals surface area contributed by atoms with E-state index in [1.807, 2.05) is 0 Å². The summed E-state index contributed by atoms with van der Waals surface area (Å²) in [5, 5.41) is 0.517. The summed E-state index contributed by atoms with van der Waals surface area (Å²) in [5.41, 5.74) is 10.2. The van der Waals surface area contributed by atoms with Crippen LogP contribution in [0.2, 0.25) is 0 Å². The van der Waals surface area contributed by atoms with E-state index >= 15 is 0 Å². The predicted molar refractivity (Wildman–Crippen MR) is 57.1 cm³/mol. The van der Waals surface area contributed by atoms with Crippen LogP contribution in [0.3, 0.4) is 0 Å². The van der Waals surface area contributed by atoms with E-state index in [1.54, 1.807) is 0 Å². The molecule has 1 aliphatic rings. The maximum Gasteiger partial charge on any atom is 0.333 e. The number of hydrogen-bond acceptors (Lipinski definition) is 5. The highest BCUT2D eigenvalue weighted by Crippen LogP contribution is 2.12. The van der Waals surface area contributed by atoms with Gasteiger partial charge in [-0.05, 0) is 6.42 Å². The lowest BCUT2D eigenvalue weighted by Gasteiger charge is -2.11. The van der Waals surface area contributed by atoms with Crippen LogP contribution in [0.25, 0.3) is 0 Å². The number of hydroxylamine groups is 2. The van der Waals surface area contributed by atoms with Crippen LogP contribution in [0.4, 0.5) is 0 Å². The Morgan fingerprint density at radius 2 is 1.88 bits per heavy atom. The first-order valence-corrected chi connectivity index (χ1v) is 5.12. The Morgan fingerprint density at radius 3 is 2.41 bits per heavy atom. The molecule has 1 fully saturated rings. The Morgan fingerprint density at radius 1 is 1.29 bits per heavy atom. The van der Waals surface area contributed by atoms with Crippen molar-refractivity contribution in [3.63, 3.8) is 0 Å². The number of nitrogens with two attached hydrogens (primary N) is 2. The SMILES string of the molecule is NC(N)=NCCCC(=O)ON1C(=O)CCC1=O. The number of nitrogens with zero attached hydrogens (tertiary/aromatic N) is 2. The zero-order valence-electron chi connectivity index (χ0n) is 9.22. The summed E-state index contributed by atoms with van der Waals surface area (Å²) < 4.78 is 0. The van der Waals surface area contributed by atoms with E-state index in [-0.39, 0.29) is 25.2 Å². The minimum Gasteiger partial charge on any atom is -0.370 e. The standard InChI is InChI=1S/C9H14N4O4/c10-9(11)12-5-1-2-8(16)17-13-6(14)3-4-7(13)15/h1-5H2,(H4,10,11,12). The second-order valence-electron chi connectivity index (χ2n) is 3.46. The number of carbonyl (C=O) groups is 3. The van der Waals surface area contributed by atoms with Gasteiger partial charge in [0.25, 0.3) is 11.8 Å². The third-order valence-electron chi connectivity index (χ3n) is 2.03. The number of guanidine groups is 1. The van der Waals surface area contributed by atoms with Gasteiger partial charge >= 0.3 is 5.97 Å². The maximum atomic E-state index is 11.3. The average molecular weight is 242 g/mol. The summed E-state index contributed by atoms with van der Waals surface area (Å²) in [7, 11) is 0. The van der Waals surface area contributed by atoms with Gasteiger partial charge in [0.05, 0.1) is 0 Å². The van der Waals surface area contributed by atoms with Crippen molar-refractivity contribution in [2.45, 2.75) is 25.7 Å². The fraction of sp³-hybridized carbons (Fsp3) is 0.556. The smallest absolute Gasteiger partial charge is 0.333 e. The molecule has 1 rings (SSSR count). The molecule has 0 radical (unpaired) electrons. The minimum atomic E-state index is -0.653. The van der Waals surface area contributed by atoms with Crippen molar-refractivity contribution in [2.24, 2.45) is 16.5 Å². The first kappa shape index (κ1) is 12.9. The van der Waals surface area contributed by atoms with Crippen LogP contribution in [0.15, 0.2) is 4.99 Å². The van der Waals surface area contributed by atoms with Gasteiger partial charge in [-0.15, -0.1) is 5.06 Å². The van der Waals surface area contributed by atoms with Gasteiger partial charge in [0.15, 0.2) is 5.96 Å². The van der Waals surface area contributed by atoms with Crippen LogP contribution < -0.4 is 11.5 Å². The Balaban J connectivity index is 2.27. The molecular formula is C9H14N4O4. The molecular weight excluding hydrogens is 228 g/mol. The fourth-order valence-electron chi connectivity index (χ4n) is 1.24. The van der Waals surface area contributed by atoms with Crippen molar-refractivity contribution in [3.05, 3.63) is 0 Å². The summed E-state index contributed by atoms with van der Waals surface area (Å²) in [5.74, 6) is -1.69. The maximum absolute atomic E-state index is 11.3. The monoisotopic (exact) mass is 242 g/mol. The molecule has 4 N–H and O–H groups in total. The summed E-state index contributed by atoms with van der Waals surface area (Å²) in [6.07, 6.45) is 0.584. The fourth-order valence-corrected chi connectivity index (χ4v) is 1.24. The predicted octanol–water partition coefficient (Wildman–Crippen LogP) is -1.35. The molecule has 0 aromatic heterocycles. The van der Waals surface area contributed by atoms with E-state index in [1.165, 1.54) is 0 Å². The average Bonchev–Trinajstić information content (AvgIpc) is 2.56. The molecule has 1 saturated heterocycles. The molecule has 1 heterocycles. The van der Waals surface area contributed by atoms with Gasteiger partial charge in [0, 0.05) is 25.8 Å². The molecule has 8 heteroatoms. The molecule has 0 atom stereocenters. The number of imide groups is 1. The van der Waals surface area contributed by atoms with E-state index in [4.69, 9.17) is 11.5 Å². The molecule has 0 aromatic rings. The molecule has 17 heavy (non-hydrogen) atoms. The van der Waals surface area contributed by atoms with Crippen molar-refractivity contribution in [1.82, 2.24) is 5.06 Å². The Kier molecular flexibility index (Phi) is 4.44. The summed E-state index contributed by atoms with van der Waals surface area (Å²) in [4.78, 5) is 41.8. The quantitative estimate of drug-likeness (QED) is 0.265. The summed E-state index contributed by atoms with van der Waals surface area (Å²) in [6, 6.07) is 0. The topological polar surface area (TPSA) is 128 Å². The minimum absolute atomic E-state index is 0.0356. The summed E-state index contributed by atoms with van der Waals surface area (Å²) >= 11 is 0. The number of hydrogen-bond donors (Lipinski definition) is 2. The van der Waals surface area contributed by atoms with Gasteiger partial charge < -0.3 is 16.3 Å². The van der Waals surface area contributed by atoms with E-state index in [0.717, 1.165) is 0 Å². The first-order chi connectivity index (χ1) is 8.00. The first-order valence-electron chi connectivity index (χ1n) is 5.12. The van der Waals surface area contributed by atoms with Gasteiger partial charge in [0.2, 0.25) is 0 Å². The number of carbonyl (C=O) groups excluding carboxylic acids is 3. The normalized spacial score (nSPS) is 14.9. The molecule has 1 aliphatic heterocycles. The second-order valence-corrected chi connectivity index (χ2v) is 3.46. The molecule has 0 bridgehead atoms. The van der Waals surface area contributed by atoms with Crippen molar-refractivity contribution in [2.75, 3.05) is 6.54 Å². The van der Waals surface area contributed by atoms with Crippen molar-refractivity contribution in [3.8, 4) is 0 Å². The van der Waals surface area contributed by atoms with Crippen LogP contribution in [0.5, 0.6) is 0 Å². The second kappa shape index (κ2) is 5.83. The van der Waals surface area contributed by atoms with Crippen LogP contribution in [0, 0.1) is 0 Å². The Hall–Kier alpha value is -2.12. The molecule has 0 spiro atoms. The van der Waals surface area contributed by atoms with Crippen LogP contribution >= 0.6 is 0 Å². The van der Waals surface area contributed by atoms with Crippen LogP contribution in [-0.2, 0) is 19.2 Å². The van der Waals surface area contributed by atoms with Gasteiger partial charge in [-0.2, -0.15) is 0 Å². The lowest BCUT2D eigenvalue weighted by molar-refractivity contribution is -0.197. The lowest BCUT2D eigenvalue weighted by atomic mass is 10.3. The third kappa shape index (κ3) is 4.09. The molecule has 0 saturated carbocycles. The number of rotatable bonds is 5. The van der Waals surface area contributed by atoms with E-state index < -0.39 is 17.8 Å². The zero-order valence-corrected chi connectivity index (χ0v) is 9.22. The molecule has 0 unspecified atom stereocenters. The molecule has 0 aromatic carbocycles. The van der Waals surface area contributed by atoms with Gasteiger partial charge in [-0.25, -0.2) is 4.79 Å². The van der Waals surface area contributed by atoms with E-state index in [2.05, 4.69) is 9.83 Å². The van der Waals surface area contributed by atoms with Gasteiger partial charge in [0.1, 0.15) is 0 Å². The van der Waals surface area contributed by atoms with Crippen molar-refractivity contribution >= 4 is 23.7 Å². The summed E-state index contributed by atoms with van der Waals surface area (Å²) in [6.45, 7) is 0.291. The zero-order chi connectivity index (χ0) is 12.8. The Bertz CT molecular complexity index is 346. The number of aliphatic imine (C=N–C) groups is 1. The van der Waals surface area contributed by atoms with Gasteiger partial charge in [-0.1, -0.05) is 0 Å². The number of amides is 2.